The SMILES string of the molecule is OCCNCc1ccc(-c2ccccc2)cc1.[Cl-]. The van der Waals surface area contributed by atoms with E-state index in [0.717, 1.165) is 6.54 Å². The van der Waals surface area contributed by atoms with Gasteiger partial charge in [0.15, 0.2) is 0 Å². The molecule has 3 heteroatoms. The van der Waals surface area contributed by atoms with Crippen molar-refractivity contribution in [2.75, 3.05) is 13.2 Å². The molecule has 0 saturated carbocycles. The molecular weight excluding hydrogens is 246 g/mol. The lowest BCUT2D eigenvalue weighted by molar-refractivity contribution is -0.00000447. The maximum Gasteiger partial charge on any atom is 0.0556 e. The summed E-state index contributed by atoms with van der Waals surface area (Å²) >= 11 is 0. The summed E-state index contributed by atoms with van der Waals surface area (Å²) in [6.45, 7) is 1.62. The van der Waals surface area contributed by atoms with E-state index in [2.05, 4.69) is 41.7 Å². The zero-order valence-corrected chi connectivity index (χ0v) is 10.9. The molecule has 0 saturated heterocycles. The minimum Gasteiger partial charge on any atom is -1.00 e. The third-order valence-electron chi connectivity index (χ3n) is 2.68. The minimum atomic E-state index is 0. The Labute approximate surface area is 114 Å². The van der Waals surface area contributed by atoms with Crippen LogP contribution in [0, 0.1) is 0 Å². The maximum atomic E-state index is 8.67. The van der Waals surface area contributed by atoms with E-state index in [-0.39, 0.29) is 19.0 Å². The highest BCUT2D eigenvalue weighted by molar-refractivity contribution is 5.63. The molecule has 0 amide bonds. The van der Waals surface area contributed by atoms with Crippen LogP contribution in [0.1, 0.15) is 5.56 Å². The fourth-order valence-electron chi connectivity index (χ4n) is 1.76. The molecule has 0 aliphatic rings. The standard InChI is InChI=1S/C15H17NO.ClH/c17-11-10-16-12-13-6-8-15(9-7-13)14-4-2-1-3-5-14;/h1-9,16-17H,10-12H2;1H/p-1. The lowest BCUT2D eigenvalue weighted by atomic mass is 10.0. The Bertz CT molecular complexity index is 442. The number of aliphatic hydroxyl groups is 1. The van der Waals surface area contributed by atoms with Gasteiger partial charge in [-0.1, -0.05) is 54.6 Å². The lowest BCUT2D eigenvalue weighted by Gasteiger charge is -2.05. The Morgan fingerprint density at radius 1 is 0.833 bits per heavy atom. The first-order valence-corrected chi connectivity index (χ1v) is 5.86. The average Bonchev–Trinajstić information content (AvgIpc) is 2.41. The molecule has 0 aliphatic heterocycles. The smallest absolute Gasteiger partial charge is 0.0556 e. The number of nitrogens with one attached hydrogen (secondary N) is 1. The number of rotatable bonds is 5. The fourth-order valence-corrected chi connectivity index (χ4v) is 1.76. The van der Waals surface area contributed by atoms with Crippen LogP contribution in [0.2, 0.25) is 0 Å². The van der Waals surface area contributed by atoms with E-state index in [1.54, 1.807) is 0 Å². The molecule has 96 valence electrons. The summed E-state index contributed by atoms with van der Waals surface area (Å²) in [4.78, 5) is 0. The van der Waals surface area contributed by atoms with Crippen molar-refractivity contribution >= 4 is 0 Å². The van der Waals surface area contributed by atoms with Crippen LogP contribution >= 0.6 is 0 Å². The van der Waals surface area contributed by atoms with Crippen molar-refractivity contribution in [2.24, 2.45) is 0 Å². The zero-order chi connectivity index (χ0) is 11.9. The largest absolute Gasteiger partial charge is 1.00 e. The number of halogens is 1. The first kappa shape index (κ1) is 14.7. The number of benzene rings is 2. The molecule has 0 radical (unpaired) electrons. The van der Waals surface area contributed by atoms with E-state index in [9.17, 15) is 0 Å². The molecule has 0 spiro atoms. The third-order valence-corrected chi connectivity index (χ3v) is 2.68. The summed E-state index contributed by atoms with van der Waals surface area (Å²) in [5.41, 5.74) is 3.71. The first-order chi connectivity index (χ1) is 8.40. The molecule has 0 fully saturated rings. The van der Waals surface area contributed by atoms with Crippen molar-refractivity contribution < 1.29 is 17.5 Å². The van der Waals surface area contributed by atoms with E-state index in [1.807, 2.05) is 18.2 Å². The van der Waals surface area contributed by atoms with Gasteiger partial charge in [-0.2, -0.15) is 0 Å². The summed E-state index contributed by atoms with van der Waals surface area (Å²) in [6, 6.07) is 18.8. The second-order valence-electron chi connectivity index (χ2n) is 3.96. The number of hydrogen-bond acceptors (Lipinski definition) is 2. The Morgan fingerprint density at radius 3 is 2.06 bits per heavy atom. The zero-order valence-electron chi connectivity index (χ0n) is 10.1. The van der Waals surface area contributed by atoms with Gasteiger partial charge in [-0.05, 0) is 16.7 Å². The third kappa shape index (κ3) is 4.15. The van der Waals surface area contributed by atoms with Gasteiger partial charge in [0.1, 0.15) is 0 Å². The molecule has 2 aromatic rings. The highest BCUT2D eigenvalue weighted by Gasteiger charge is 1.96. The van der Waals surface area contributed by atoms with Crippen LogP contribution in [0.4, 0.5) is 0 Å². The topological polar surface area (TPSA) is 32.3 Å². The van der Waals surface area contributed by atoms with Gasteiger partial charge in [0.2, 0.25) is 0 Å². The van der Waals surface area contributed by atoms with Crippen LogP contribution in [0.15, 0.2) is 54.6 Å². The van der Waals surface area contributed by atoms with E-state index in [1.165, 1.54) is 16.7 Å². The Morgan fingerprint density at radius 2 is 1.44 bits per heavy atom. The molecule has 0 atom stereocenters. The van der Waals surface area contributed by atoms with Gasteiger partial charge in [-0.15, -0.1) is 0 Å². The monoisotopic (exact) mass is 262 g/mol. The summed E-state index contributed by atoms with van der Waals surface area (Å²) < 4.78 is 0. The highest BCUT2D eigenvalue weighted by Crippen LogP contribution is 2.18. The highest BCUT2D eigenvalue weighted by atomic mass is 35.5. The summed E-state index contributed by atoms with van der Waals surface area (Å²) in [7, 11) is 0. The molecule has 0 bridgehead atoms. The van der Waals surface area contributed by atoms with E-state index < -0.39 is 0 Å². The van der Waals surface area contributed by atoms with E-state index in [0.29, 0.717) is 6.54 Å². The van der Waals surface area contributed by atoms with Crippen LogP contribution in [0.25, 0.3) is 11.1 Å². The molecule has 0 unspecified atom stereocenters. The van der Waals surface area contributed by atoms with Gasteiger partial charge >= 0.3 is 0 Å². The molecule has 2 rings (SSSR count). The van der Waals surface area contributed by atoms with Crippen molar-refractivity contribution in [3.8, 4) is 11.1 Å². The van der Waals surface area contributed by atoms with Crippen molar-refractivity contribution in [1.29, 1.82) is 0 Å². The van der Waals surface area contributed by atoms with Crippen LogP contribution in [0.5, 0.6) is 0 Å². The molecule has 2 aromatic carbocycles. The summed E-state index contributed by atoms with van der Waals surface area (Å²) in [5.74, 6) is 0. The molecule has 0 aliphatic carbocycles. The normalized spacial score (nSPS) is 9.83. The average molecular weight is 263 g/mol. The molecule has 2 N–H and O–H groups in total. The molecule has 0 aromatic heterocycles. The Hall–Kier alpha value is -1.35. The molecule has 0 heterocycles. The van der Waals surface area contributed by atoms with Crippen molar-refractivity contribution in [3.05, 3.63) is 60.2 Å². The van der Waals surface area contributed by atoms with Crippen molar-refractivity contribution in [2.45, 2.75) is 6.54 Å². The van der Waals surface area contributed by atoms with Gasteiger partial charge in [-0.3, -0.25) is 0 Å². The van der Waals surface area contributed by atoms with Crippen molar-refractivity contribution in [1.82, 2.24) is 5.32 Å². The second kappa shape index (κ2) is 7.88. The summed E-state index contributed by atoms with van der Waals surface area (Å²) in [5, 5.41) is 11.8. The molecule has 18 heavy (non-hydrogen) atoms. The van der Waals surface area contributed by atoms with Gasteiger partial charge in [0, 0.05) is 13.1 Å². The van der Waals surface area contributed by atoms with Crippen molar-refractivity contribution in [3.63, 3.8) is 0 Å². The minimum absolute atomic E-state index is 0. The summed E-state index contributed by atoms with van der Waals surface area (Å²) in [6.07, 6.45) is 0. The maximum absolute atomic E-state index is 8.67. The van der Waals surface area contributed by atoms with Gasteiger partial charge in [-0.25, -0.2) is 0 Å². The molecular formula is C15H17ClNO-. The van der Waals surface area contributed by atoms with Crippen LogP contribution < -0.4 is 17.7 Å². The van der Waals surface area contributed by atoms with Gasteiger partial charge < -0.3 is 22.8 Å². The van der Waals surface area contributed by atoms with Gasteiger partial charge in [0.05, 0.1) is 6.61 Å². The predicted octanol–water partition coefficient (Wildman–Crippen LogP) is -0.560. The first-order valence-electron chi connectivity index (χ1n) is 5.86. The lowest BCUT2D eigenvalue weighted by Crippen LogP contribution is -3.00. The van der Waals surface area contributed by atoms with Crippen LogP contribution in [-0.4, -0.2) is 18.3 Å². The van der Waals surface area contributed by atoms with Crippen LogP contribution in [-0.2, 0) is 6.54 Å². The fraction of sp³-hybridized carbons (Fsp3) is 0.200. The van der Waals surface area contributed by atoms with Crippen LogP contribution in [0.3, 0.4) is 0 Å². The van der Waals surface area contributed by atoms with E-state index >= 15 is 0 Å². The number of hydrogen-bond donors (Lipinski definition) is 2. The van der Waals surface area contributed by atoms with E-state index in [4.69, 9.17) is 5.11 Å². The molecule has 2 nitrogen and oxygen atoms in total. The Balaban J connectivity index is 0.00000162. The van der Waals surface area contributed by atoms with Gasteiger partial charge in [0.25, 0.3) is 0 Å². The quantitative estimate of drug-likeness (QED) is 0.708. The number of aliphatic hydroxyl groups excluding tert-OH is 1. The Kier molecular flexibility index (Phi) is 6.44. The second-order valence-corrected chi connectivity index (χ2v) is 3.96. The predicted molar refractivity (Wildman–Crippen MR) is 70.7 cm³/mol.